The summed E-state index contributed by atoms with van der Waals surface area (Å²) in [4.78, 5) is 6.01. The summed E-state index contributed by atoms with van der Waals surface area (Å²) in [5.41, 5.74) is 1.12. The van der Waals surface area contributed by atoms with E-state index >= 15 is 0 Å². The van der Waals surface area contributed by atoms with Crippen molar-refractivity contribution in [1.29, 1.82) is 0 Å². The van der Waals surface area contributed by atoms with Gasteiger partial charge in [0.2, 0.25) is 0 Å². The molecule has 1 aromatic carbocycles. The Morgan fingerprint density at radius 1 is 0.792 bits per heavy atom. The molecule has 2 nitrogen and oxygen atoms in total. The quantitative estimate of drug-likeness (QED) is 0.214. The first-order valence-corrected chi connectivity index (χ1v) is 9.64. The number of allylic oxidation sites excluding steroid dienone is 3. The van der Waals surface area contributed by atoms with Crippen LogP contribution in [0.3, 0.4) is 0 Å². The van der Waals surface area contributed by atoms with E-state index in [0.29, 0.717) is 0 Å². The molecular formula is C22H35NO. The summed E-state index contributed by atoms with van der Waals surface area (Å²) in [6.45, 7) is 6.02. The normalized spacial score (nSPS) is 11.6. The zero-order valence-corrected chi connectivity index (χ0v) is 15.6. The molecule has 0 radical (unpaired) electrons. The summed E-state index contributed by atoms with van der Waals surface area (Å²) >= 11 is 0. The van der Waals surface area contributed by atoms with E-state index in [1.807, 2.05) is 11.1 Å². The van der Waals surface area contributed by atoms with E-state index in [-0.39, 0.29) is 0 Å². The van der Waals surface area contributed by atoms with Crippen LogP contribution in [-0.4, -0.2) is 13.2 Å². The van der Waals surface area contributed by atoms with Gasteiger partial charge < -0.3 is 0 Å². The van der Waals surface area contributed by atoms with Gasteiger partial charge in [0.15, 0.2) is 0 Å². The number of rotatable bonds is 14. The number of benzene rings is 1. The fourth-order valence-corrected chi connectivity index (χ4v) is 2.41. The molecule has 1 aromatic rings. The van der Waals surface area contributed by atoms with Gasteiger partial charge in [0.1, 0.15) is 0 Å². The Morgan fingerprint density at radius 2 is 1.50 bits per heavy atom. The van der Waals surface area contributed by atoms with E-state index in [0.717, 1.165) is 31.7 Å². The van der Waals surface area contributed by atoms with Crippen LogP contribution in [0.4, 0.5) is 5.69 Å². The number of para-hydroxylation sites is 1. The van der Waals surface area contributed by atoms with Crippen LogP contribution in [0, 0.1) is 0 Å². The van der Waals surface area contributed by atoms with Gasteiger partial charge in [0.05, 0.1) is 18.8 Å². The Morgan fingerprint density at radius 3 is 2.25 bits per heavy atom. The molecule has 0 aliphatic rings. The SMILES string of the molecule is CCCC=CCCCON(CC=CCCCCC)c1ccccc1. The maximum Gasteiger partial charge on any atom is 0.0751 e. The Balaban J connectivity index is 2.36. The van der Waals surface area contributed by atoms with Crippen molar-refractivity contribution in [3.05, 3.63) is 54.6 Å². The van der Waals surface area contributed by atoms with Crippen molar-refractivity contribution >= 4 is 5.69 Å². The van der Waals surface area contributed by atoms with Crippen molar-refractivity contribution in [2.45, 2.75) is 65.2 Å². The maximum absolute atomic E-state index is 6.01. The number of unbranched alkanes of at least 4 members (excludes halogenated alkanes) is 5. The van der Waals surface area contributed by atoms with Gasteiger partial charge in [-0.15, -0.1) is 0 Å². The Kier molecular flexibility index (Phi) is 12.8. The third-order valence-electron chi connectivity index (χ3n) is 3.84. The van der Waals surface area contributed by atoms with Gasteiger partial charge in [0.25, 0.3) is 0 Å². The smallest absolute Gasteiger partial charge is 0.0751 e. The largest absolute Gasteiger partial charge is 0.273 e. The average Bonchev–Trinajstić information content (AvgIpc) is 2.62. The maximum atomic E-state index is 6.01. The highest BCUT2D eigenvalue weighted by Gasteiger charge is 2.04. The minimum atomic E-state index is 0.759. The third kappa shape index (κ3) is 10.3. The van der Waals surface area contributed by atoms with Crippen LogP contribution < -0.4 is 5.06 Å². The zero-order valence-electron chi connectivity index (χ0n) is 15.6. The van der Waals surface area contributed by atoms with Crippen LogP contribution in [0.1, 0.15) is 65.2 Å². The first-order valence-electron chi connectivity index (χ1n) is 9.64. The lowest BCUT2D eigenvalue weighted by Gasteiger charge is -2.22. The molecule has 0 fully saturated rings. The summed E-state index contributed by atoms with van der Waals surface area (Å²) < 4.78 is 0. The number of hydrogen-bond acceptors (Lipinski definition) is 2. The molecule has 0 heterocycles. The van der Waals surface area contributed by atoms with E-state index in [4.69, 9.17) is 4.84 Å². The van der Waals surface area contributed by atoms with Crippen LogP contribution in [0.2, 0.25) is 0 Å². The van der Waals surface area contributed by atoms with Gasteiger partial charge in [-0.2, -0.15) is 0 Å². The first kappa shape index (κ1) is 20.5. The standard InChI is InChI=1S/C22H35NO/c1-3-5-7-9-11-16-20-23(22-18-14-13-15-19-22)24-21-17-12-10-8-6-4-2/h8,10-11,13-16,18-19H,3-7,9,12,17,20-21H2,1-2H3. The van der Waals surface area contributed by atoms with Crippen molar-refractivity contribution in [3.8, 4) is 0 Å². The lowest BCUT2D eigenvalue weighted by atomic mass is 10.2. The van der Waals surface area contributed by atoms with Crippen molar-refractivity contribution < 1.29 is 4.84 Å². The molecule has 1 rings (SSSR count). The summed E-state index contributed by atoms with van der Waals surface area (Å²) in [6.07, 6.45) is 18.6. The molecule has 0 N–H and O–H groups in total. The van der Waals surface area contributed by atoms with Gasteiger partial charge in [-0.25, -0.2) is 0 Å². The van der Waals surface area contributed by atoms with Gasteiger partial charge in [-0.05, 0) is 44.2 Å². The van der Waals surface area contributed by atoms with Crippen LogP contribution in [-0.2, 0) is 4.84 Å². The van der Waals surface area contributed by atoms with E-state index in [1.165, 1.54) is 38.5 Å². The van der Waals surface area contributed by atoms with Crippen LogP contribution in [0.25, 0.3) is 0 Å². The van der Waals surface area contributed by atoms with Crippen LogP contribution in [0.5, 0.6) is 0 Å². The van der Waals surface area contributed by atoms with Crippen molar-refractivity contribution in [3.63, 3.8) is 0 Å². The van der Waals surface area contributed by atoms with Crippen molar-refractivity contribution in [2.75, 3.05) is 18.2 Å². The lowest BCUT2D eigenvalue weighted by molar-refractivity contribution is 0.112. The summed E-state index contributed by atoms with van der Waals surface area (Å²) in [7, 11) is 0. The van der Waals surface area contributed by atoms with E-state index < -0.39 is 0 Å². The van der Waals surface area contributed by atoms with Gasteiger partial charge in [-0.1, -0.05) is 75.6 Å². The zero-order chi connectivity index (χ0) is 17.3. The topological polar surface area (TPSA) is 12.5 Å². The molecule has 0 amide bonds. The molecule has 0 aromatic heterocycles. The molecule has 0 aliphatic heterocycles. The van der Waals surface area contributed by atoms with E-state index in [9.17, 15) is 0 Å². The number of nitrogens with zero attached hydrogens (tertiary/aromatic N) is 1. The van der Waals surface area contributed by atoms with E-state index in [2.05, 4.69) is 62.4 Å². The van der Waals surface area contributed by atoms with Crippen molar-refractivity contribution in [2.24, 2.45) is 0 Å². The Labute approximate surface area is 149 Å². The number of anilines is 1. The molecular weight excluding hydrogens is 294 g/mol. The lowest BCUT2D eigenvalue weighted by Crippen LogP contribution is -2.24. The summed E-state index contributed by atoms with van der Waals surface area (Å²) in [5, 5.41) is 2.01. The fraction of sp³-hybridized carbons (Fsp3) is 0.545. The molecule has 0 saturated heterocycles. The molecule has 0 aliphatic carbocycles. The number of hydrogen-bond donors (Lipinski definition) is 0. The molecule has 0 saturated carbocycles. The molecule has 0 bridgehead atoms. The summed E-state index contributed by atoms with van der Waals surface area (Å²) in [5.74, 6) is 0. The predicted molar refractivity (Wildman–Crippen MR) is 106 cm³/mol. The molecule has 0 spiro atoms. The second-order valence-corrected chi connectivity index (χ2v) is 6.10. The minimum absolute atomic E-state index is 0.759. The predicted octanol–water partition coefficient (Wildman–Crippen LogP) is 6.70. The van der Waals surface area contributed by atoms with Crippen LogP contribution >= 0.6 is 0 Å². The molecule has 24 heavy (non-hydrogen) atoms. The summed E-state index contributed by atoms with van der Waals surface area (Å²) in [6, 6.07) is 10.4. The van der Waals surface area contributed by atoms with Gasteiger partial charge in [0, 0.05) is 0 Å². The van der Waals surface area contributed by atoms with Gasteiger partial charge in [-0.3, -0.25) is 9.90 Å². The van der Waals surface area contributed by atoms with Gasteiger partial charge >= 0.3 is 0 Å². The van der Waals surface area contributed by atoms with E-state index in [1.54, 1.807) is 0 Å². The Bertz CT molecular complexity index is 439. The molecule has 134 valence electrons. The fourth-order valence-electron chi connectivity index (χ4n) is 2.41. The van der Waals surface area contributed by atoms with Crippen molar-refractivity contribution in [1.82, 2.24) is 0 Å². The average molecular weight is 330 g/mol. The third-order valence-corrected chi connectivity index (χ3v) is 3.84. The monoisotopic (exact) mass is 329 g/mol. The highest BCUT2D eigenvalue weighted by molar-refractivity contribution is 5.43. The second kappa shape index (κ2) is 15.0. The molecule has 0 unspecified atom stereocenters. The minimum Gasteiger partial charge on any atom is -0.273 e. The number of hydroxylamine groups is 1. The van der Waals surface area contributed by atoms with Crippen LogP contribution in [0.15, 0.2) is 54.6 Å². The first-order chi connectivity index (χ1) is 11.9. The highest BCUT2D eigenvalue weighted by atomic mass is 16.7. The molecule has 0 atom stereocenters. The second-order valence-electron chi connectivity index (χ2n) is 6.10. The highest BCUT2D eigenvalue weighted by Crippen LogP contribution is 2.14. The Hall–Kier alpha value is -1.54. The molecule has 2 heteroatoms.